The van der Waals surface area contributed by atoms with Crippen molar-refractivity contribution >= 4 is 6.34 Å². The summed E-state index contributed by atoms with van der Waals surface area (Å²) in [4.78, 5) is 4.02. The molecule has 2 rings (SSSR count). The molecule has 0 saturated carbocycles. The molecule has 2 aliphatic heterocycles. The molecule has 6 nitrogen and oxygen atoms in total. The Kier molecular flexibility index (Phi) is 1.19. The second-order valence-electron chi connectivity index (χ2n) is 2.06. The van der Waals surface area contributed by atoms with Crippen LogP contribution >= 0.6 is 0 Å². The van der Waals surface area contributed by atoms with E-state index in [1.807, 2.05) is 6.20 Å². The molecule has 0 aromatic rings. The van der Waals surface area contributed by atoms with Crippen LogP contribution in [0.3, 0.4) is 0 Å². The highest BCUT2D eigenvalue weighted by Gasteiger charge is 2.17. The molecule has 5 N–H and O–H groups in total. The van der Waals surface area contributed by atoms with Crippen molar-refractivity contribution < 1.29 is 0 Å². The van der Waals surface area contributed by atoms with Crippen LogP contribution in [0.2, 0.25) is 0 Å². The summed E-state index contributed by atoms with van der Waals surface area (Å²) in [6, 6.07) is 0. The predicted octanol–water partition coefficient (Wildman–Crippen LogP) is -1.50. The van der Waals surface area contributed by atoms with Crippen molar-refractivity contribution in [1.29, 1.82) is 0 Å². The highest BCUT2D eigenvalue weighted by molar-refractivity contribution is 5.59. The van der Waals surface area contributed by atoms with Crippen molar-refractivity contribution in [2.75, 3.05) is 0 Å². The van der Waals surface area contributed by atoms with Gasteiger partial charge in [-0.15, -0.1) is 0 Å². The first-order valence-corrected chi connectivity index (χ1v) is 3.14. The zero-order chi connectivity index (χ0) is 7.68. The van der Waals surface area contributed by atoms with Gasteiger partial charge in [-0.25, -0.2) is 15.8 Å². The fourth-order valence-corrected chi connectivity index (χ4v) is 0.940. The summed E-state index contributed by atoms with van der Waals surface area (Å²) >= 11 is 0. The number of nitrogens with zero attached hydrogens (tertiary/aromatic N) is 2. The number of aliphatic imine (C=N–C) groups is 1. The Labute approximate surface area is 63.4 Å². The first-order chi connectivity index (χ1) is 5.42. The Balaban J connectivity index is 2.33. The lowest BCUT2D eigenvalue weighted by Gasteiger charge is -2.20. The lowest BCUT2D eigenvalue weighted by Crippen LogP contribution is -2.38. The van der Waals surface area contributed by atoms with Gasteiger partial charge in [-0.1, -0.05) is 0 Å². The summed E-state index contributed by atoms with van der Waals surface area (Å²) in [7, 11) is 0. The summed E-state index contributed by atoms with van der Waals surface area (Å²) in [6.07, 6.45) is 5.15. The van der Waals surface area contributed by atoms with Gasteiger partial charge in [0.25, 0.3) is 0 Å². The molecule has 0 aromatic heterocycles. The monoisotopic (exact) mass is 152 g/mol. The van der Waals surface area contributed by atoms with Crippen LogP contribution in [0, 0.1) is 0 Å². The number of fused-ring (bicyclic) bond motifs is 1. The predicted molar refractivity (Wildman–Crippen MR) is 40.1 cm³/mol. The number of nitrogens with two attached hydrogens (primary N) is 1. The van der Waals surface area contributed by atoms with Crippen molar-refractivity contribution in [3.63, 3.8) is 0 Å². The molecule has 0 spiro atoms. The van der Waals surface area contributed by atoms with Crippen LogP contribution in [0.1, 0.15) is 0 Å². The molecule has 0 radical (unpaired) electrons. The van der Waals surface area contributed by atoms with Gasteiger partial charge in [-0.2, -0.15) is 0 Å². The van der Waals surface area contributed by atoms with Crippen molar-refractivity contribution in [3.05, 3.63) is 24.0 Å². The molecule has 0 amide bonds. The SMILES string of the molecule is NNC1=C2N=CNN2C=CN1. The number of hydrogen-bond acceptors (Lipinski definition) is 6. The average Bonchev–Trinajstić information content (AvgIpc) is 2.50. The Morgan fingerprint density at radius 1 is 1.64 bits per heavy atom. The van der Waals surface area contributed by atoms with Gasteiger partial charge in [0.15, 0.2) is 11.6 Å². The zero-order valence-electron chi connectivity index (χ0n) is 5.70. The molecule has 58 valence electrons. The summed E-state index contributed by atoms with van der Waals surface area (Å²) in [5.41, 5.74) is 5.38. The van der Waals surface area contributed by atoms with Gasteiger partial charge in [-0.3, -0.25) is 5.43 Å². The fourth-order valence-electron chi connectivity index (χ4n) is 0.940. The van der Waals surface area contributed by atoms with E-state index < -0.39 is 0 Å². The van der Waals surface area contributed by atoms with Crippen LogP contribution in [0.5, 0.6) is 0 Å². The molecule has 0 saturated heterocycles. The van der Waals surface area contributed by atoms with Crippen molar-refractivity contribution in [2.45, 2.75) is 0 Å². The second-order valence-corrected chi connectivity index (χ2v) is 2.06. The van der Waals surface area contributed by atoms with Crippen LogP contribution in [0.25, 0.3) is 0 Å². The number of nitrogens with one attached hydrogen (secondary N) is 3. The molecule has 0 fully saturated rings. The molecular weight excluding hydrogens is 144 g/mol. The van der Waals surface area contributed by atoms with E-state index in [2.05, 4.69) is 21.2 Å². The molecule has 2 heterocycles. The van der Waals surface area contributed by atoms with E-state index in [1.165, 1.54) is 0 Å². The largest absolute Gasteiger partial charge is 0.343 e. The summed E-state index contributed by atoms with van der Waals surface area (Å²) in [6.45, 7) is 0. The Morgan fingerprint density at radius 2 is 2.55 bits per heavy atom. The quantitative estimate of drug-likeness (QED) is 0.272. The molecule has 0 aromatic carbocycles. The van der Waals surface area contributed by atoms with Crippen LogP contribution < -0.4 is 22.0 Å². The molecule has 11 heavy (non-hydrogen) atoms. The van der Waals surface area contributed by atoms with E-state index in [9.17, 15) is 0 Å². The lowest BCUT2D eigenvalue weighted by molar-refractivity contribution is 0.418. The molecule has 0 atom stereocenters. The summed E-state index contributed by atoms with van der Waals surface area (Å²) in [5, 5.41) is 4.65. The third-order valence-corrected chi connectivity index (χ3v) is 1.43. The third-order valence-electron chi connectivity index (χ3n) is 1.43. The Morgan fingerprint density at radius 3 is 3.36 bits per heavy atom. The first-order valence-electron chi connectivity index (χ1n) is 3.14. The molecule has 0 bridgehead atoms. The van der Waals surface area contributed by atoms with E-state index in [0.717, 1.165) is 5.82 Å². The topological polar surface area (TPSA) is 77.7 Å². The van der Waals surface area contributed by atoms with Crippen LogP contribution in [0.4, 0.5) is 0 Å². The summed E-state index contributed by atoms with van der Waals surface area (Å²) in [5.74, 6) is 6.63. The first kappa shape index (κ1) is 6.05. The highest BCUT2D eigenvalue weighted by atomic mass is 15.6. The number of hydrazine groups is 2. The molecule has 2 aliphatic rings. The standard InChI is InChI=1S/C5H8N6/c6-10-4-5-8-3-9-11(5)2-1-7-4/h1-3,7,10H,6H2,(H,8,9). The van der Waals surface area contributed by atoms with E-state index in [4.69, 9.17) is 5.84 Å². The fraction of sp³-hybridized carbons (Fsp3) is 0. The van der Waals surface area contributed by atoms with E-state index in [-0.39, 0.29) is 0 Å². The molecule has 6 heteroatoms. The maximum Gasteiger partial charge on any atom is 0.195 e. The number of hydrogen-bond donors (Lipinski definition) is 4. The van der Waals surface area contributed by atoms with Crippen molar-refractivity contribution in [2.24, 2.45) is 10.8 Å². The van der Waals surface area contributed by atoms with Gasteiger partial charge in [0.2, 0.25) is 0 Å². The maximum atomic E-state index is 5.23. The Bertz CT molecular complexity index is 252. The van der Waals surface area contributed by atoms with Crippen LogP contribution in [0.15, 0.2) is 29.0 Å². The number of rotatable bonds is 1. The van der Waals surface area contributed by atoms with E-state index in [0.29, 0.717) is 5.82 Å². The van der Waals surface area contributed by atoms with Gasteiger partial charge < -0.3 is 10.7 Å². The van der Waals surface area contributed by atoms with Gasteiger partial charge in [0, 0.05) is 12.4 Å². The van der Waals surface area contributed by atoms with Gasteiger partial charge in [0.1, 0.15) is 6.34 Å². The average molecular weight is 152 g/mol. The summed E-state index contributed by atoms with van der Waals surface area (Å²) < 4.78 is 0. The van der Waals surface area contributed by atoms with Gasteiger partial charge in [-0.05, 0) is 0 Å². The maximum absolute atomic E-state index is 5.23. The normalized spacial score (nSPS) is 19.5. The van der Waals surface area contributed by atoms with E-state index >= 15 is 0 Å². The highest BCUT2D eigenvalue weighted by Crippen LogP contribution is 2.12. The minimum Gasteiger partial charge on any atom is -0.343 e. The van der Waals surface area contributed by atoms with Crippen LogP contribution in [-0.4, -0.2) is 11.3 Å². The third kappa shape index (κ3) is 0.802. The Hall–Kier alpha value is -1.69. The smallest absolute Gasteiger partial charge is 0.195 e. The van der Waals surface area contributed by atoms with Crippen LogP contribution in [-0.2, 0) is 0 Å². The van der Waals surface area contributed by atoms with Crippen molar-refractivity contribution in [1.82, 2.24) is 21.2 Å². The van der Waals surface area contributed by atoms with E-state index in [1.54, 1.807) is 17.5 Å². The minimum absolute atomic E-state index is 0.675. The molecule has 0 unspecified atom stereocenters. The van der Waals surface area contributed by atoms with Gasteiger partial charge >= 0.3 is 0 Å². The zero-order valence-corrected chi connectivity index (χ0v) is 5.70. The second kappa shape index (κ2) is 2.17. The minimum atomic E-state index is 0.675. The van der Waals surface area contributed by atoms with Crippen molar-refractivity contribution in [3.8, 4) is 0 Å². The molecular formula is C5H8N6. The lowest BCUT2D eigenvalue weighted by atomic mass is 10.5. The molecule has 0 aliphatic carbocycles. The van der Waals surface area contributed by atoms with Gasteiger partial charge in [0.05, 0.1) is 0 Å².